The predicted octanol–water partition coefficient (Wildman–Crippen LogP) is 2.59. The summed E-state index contributed by atoms with van der Waals surface area (Å²) in [4.78, 5) is 0. The third-order valence-corrected chi connectivity index (χ3v) is 3.35. The van der Waals surface area contributed by atoms with Crippen molar-refractivity contribution in [3.63, 3.8) is 0 Å². The molecule has 0 spiro atoms. The molecule has 0 aliphatic carbocycles. The molecular weight excluding hydrogens is 320 g/mol. The lowest BCUT2D eigenvalue weighted by Gasteiger charge is -2.36. The van der Waals surface area contributed by atoms with Crippen LogP contribution in [-0.4, -0.2) is 28.7 Å². The third kappa shape index (κ3) is 4.51. The summed E-state index contributed by atoms with van der Waals surface area (Å²) in [6.45, 7) is 6.84. The van der Waals surface area contributed by atoms with Crippen LogP contribution in [-0.2, 0) is 20.3 Å². The summed E-state index contributed by atoms with van der Waals surface area (Å²) in [5.41, 5.74) is -0.423. The van der Waals surface area contributed by atoms with Gasteiger partial charge in [0.2, 0.25) is 0 Å². The molecule has 8 heteroatoms. The Morgan fingerprint density at radius 1 is 0.955 bits per heavy atom. The highest BCUT2D eigenvalue weighted by molar-refractivity contribution is 5.98. The van der Waals surface area contributed by atoms with Crippen LogP contribution in [0.1, 0.15) is 33.3 Å². The molecule has 0 fully saturated rings. The molecular formula is C14H20F4O3Si. The molecule has 1 aromatic carbocycles. The zero-order chi connectivity index (χ0) is 17.1. The molecule has 0 radical (unpaired) electrons. The number of halogens is 4. The minimum atomic E-state index is -1.87. The van der Waals surface area contributed by atoms with Gasteiger partial charge in [-0.15, -0.1) is 0 Å². The first-order chi connectivity index (χ1) is 10.1. The van der Waals surface area contributed by atoms with Crippen molar-refractivity contribution in [1.82, 2.24) is 0 Å². The second-order valence-electron chi connectivity index (χ2n) is 5.36. The SMILES string of the molecule is CC(C)OC(Cc1cc(F)c(F)c(F)c1F)(O[SiH3])OC(C)C. The van der Waals surface area contributed by atoms with E-state index in [9.17, 15) is 17.6 Å². The van der Waals surface area contributed by atoms with Crippen molar-refractivity contribution in [3.05, 3.63) is 34.9 Å². The molecule has 0 N–H and O–H groups in total. The van der Waals surface area contributed by atoms with Gasteiger partial charge in [-0.05, 0) is 33.8 Å². The number of ether oxygens (including phenoxy) is 2. The first kappa shape index (κ1) is 19.1. The first-order valence-electron chi connectivity index (χ1n) is 6.84. The molecule has 1 rings (SSSR count). The van der Waals surface area contributed by atoms with Crippen LogP contribution in [0.3, 0.4) is 0 Å². The standard InChI is InChI=1S/C14H20F4O3Si/c1-7(2)19-14(21-22,20-8(3)4)6-9-5-10(15)12(17)13(18)11(9)16/h5,7-8H,6H2,1-4,22H3. The van der Waals surface area contributed by atoms with Crippen LogP contribution in [0.2, 0.25) is 0 Å². The van der Waals surface area contributed by atoms with Gasteiger partial charge in [-0.2, -0.15) is 0 Å². The highest BCUT2D eigenvalue weighted by Crippen LogP contribution is 2.28. The maximum absolute atomic E-state index is 13.8. The number of rotatable bonds is 7. The Bertz CT molecular complexity index is 513. The van der Waals surface area contributed by atoms with Crippen LogP contribution >= 0.6 is 0 Å². The van der Waals surface area contributed by atoms with Crippen molar-refractivity contribution in [3.8, 4) is 0 Å². The van der Waals surface area contributed by atoms with Crippen LogP contribution in [0, 0.1) is 23.3 Å². The van der Waals surface area contributed by atoms with Crippen molar-refractivity contribution in [2.24, 2.45) is 0 Å². The van der Waals surface area contributed by atoms with Crippen molar-refractivity contribution in [1.29, 1.82) is 0 Å². The zero-order valence-corrected chi connectivity index (χ0v) is 15.2. The Morgan fingerprint density at radius 3 is 1.86 bits per heavy atom. The lowest BCUT2D eigenvalue weighted by Crippen LogP contribution is -2.45. The molecule has 0 amide bonds. The van der Waals surface area contributed by atoms with Crippen LogP contribution < -0.4 is 0 Å². The van der Waals surface area contributed by atoms with Gasteiger partial charge >= 0.3 is 0 Å². The molecule has 0 unspecified atom stereocenters. The maximum Gasteiger partial charge on any atom is 0.277 e. The number of benzene rings is 1. The van der Waals surface area contributed by atoms with Crippen LogP contribution in [0.25, 0.3) is 0 Å². The Balaban J connectivity index is 3.24. The monoisotopic (exact) mass is 340 g/mol. The van der Waals surface area contributed by atoms with Crippen molar-refractivity contribution in [2.45, 2.75) is 52.3 Å². The highest BCUT2D eigenvalue weighted by Gasteiger charge is 2.36. The minimum Gasteiger partial charge on any atom is -0.380 e. The van der Waals surface area contributed by atoms with Crippen molar-refractivity contribution < 1.29 is 31.5 Å². The topological polar surface area (TPSA) is 27.7 Å². The summed E-state index contributed by atoms with van der Waals surface area (Å²) in [5.74, 6) is -8.36. The van der Waals surface area contributed by atoms with Crippen LogP contribution in [0.4, 0.5) is 17.6 Å². The average molecular weight is 340 g/mol. The summed E-state index contributed by atoms with van der Waals surface area (Å²) in [6.07, 6.45) is -1.09. The van der Waals surface area contributed by atoms with E-state index >= 15 is 0 Å². The summed E-state index contributed by atoms with van der Waals surface area (Å²) in [7, 11) is 0.176. The van der Waals surface area contributed by atoms with Crippen molar-refractivity contribution >= 4 is 10.5 Å². The van der Waals surface area contributed by atoms with E-state index in [1.165, 1.54) is 0 Å². The highest BCUT2D eigenvalue weighted by atomic mass is 28.2. The molecule has 0 atom stereocenters. The summed E-state index contributed by atoms with van der Waals surface area (Å²) >= 11 is 0. The van der Waals surface area contributed by atoms with E-state index < -0.39 is 41.2 Å². The Labute approximate surface area is 130 Å². The lowest BCUT2D eigenvalue weighted by atomic mass is 10.1. The number of hydrogen-bond donors (Lipinski definition) is 0. The van der Waals surface area contributed by atoms with Crippen LogP contribution in [0.15, 0.2) is 6.07 Å². The largest absolute Gasteiger partial charge is 0.380 e. The molecule has 0 saturated carbocycles. The predicted molar refractivity (Wildman–Crippen MR) is 76.2 cm³/mol. The second kappa shape index (κ2) is 7.54. The van der Waals surface area contributed by atoms with Gasteiger partial charge in [-0.1, -0.05) is 0 Å². The van der Waals surface area contributed by atoms with E-state index in [-0.39, 0.29) is 22.7 Å². The van der Waals surface area contributed by atoms with Gasteiger partial charge in [-0.25, -0.2) is 17.6 Å². The van der Waals surface area contributed by atoms with Gasteiger partial charge in [0.05, 0.1) is 18.6 Å². The molecule has 0 aromatic heterocycles. The maximum atomic E-state index is 13.8. The smallest absolute Gasteiger partial charge is 0.277 e. The fourth-order valence-corrected chi connectivity index (χ4v) is 2.32. The fraction of sp³-hybridized carbons (Fsp3) is 0.571. The minimum absolute atomic E-state index is 0.176. The summed E-state index contributed by atoms with van der Waals surface area (Å²) < 4.78 is 70.0. The molecule has 22 heavy (non-hydrogen) atoms. The van der Waals surface area contributed by atoms with Gasteiger partial charge in [0.25, 0.3) is 5.97 Å². The summed E-state index contributed by atoms with van der Waals surface area (Å²) in [5, 5.41) is 0. The average Bonchev–Trinajstić information content (AvgIpc) is 2.40. The van der Waals surface area contributed by atoms with Crippen molar-refractivity contribution in [2.75, 3.05) is 0 Å². The Morgan fingerprint density at radius 2 is 1.45 bits per heavy atom. The van der Waals surface area contributed by atoms with Gasteiger partial charge in [-0.3, -0.25) is 0 Å². The zero-order valence-electron chi connectivity index (χ0n) is 13.2. The molecule has 0 bridgehead atoms. The summed E-state index contributed by atoms with van der Waals surface area (Å²) in [6, 6.07) is 0.580. The molecule has 1 aromatic rings. The fourth-order valence-electron chi connectivity index (χ4n) is 1.98. The van der Waals surface area contributed by atoms with Gasteiger partial charge < -0.3 is 13.9 Å². The van der Waals surface area contributed by atoms with E-state index in [0.717, 1.165) is 0 Å². The van der Waals surface area contributed by atoms with E-state index in [0.29, 0.717) is 6.07 Å². The van der Waals surface area contributed by atoms with Crippen LogP contribution in [0.5, 0.6) is 0 Å². The quantitative estimate of drug-likeness (QED) is 0.251. The molecule has 0 saturated heterocycles. The van der Waals surface area contributed by atoms with E-state index in [2.05, 4.69) is 0 Å². The third-order valence-electron chi connectivity index (χ3n) is 2.73. The number of hydrogen-bond acceptors (Lipinski definition) is 3. The van der Waals surface area contributed by atoms with Gasteiger partial charge in [0.15, 0.2) is 33.8 Å². The Hall–Kier alpha value is -0.963. The molecule has 0 aliphatic rings. The lowest BCUT2D eigenvalue weighted by molar-refractivity contribution is -0.365. The first-order valence-corrected chi connectivity index (χ1v) is 7.66. The van der Waals surface area contributed by atoms with E-state index in [1.54, 1.807) is 27.7 Å². The van der Waals surface area contributed by atoms with E-state index in [4.69, 9.17) is 13.9 Å². The normalized spacial score (nSPS) is 12.6. The Kier molecular flexibility index (Phi) is 6.54. The molecule has 0 heterocycles. The molecule has 126 valence electrons. The molecule has 0 aliphatic heterocycles. The van der Waals surface area contributed by atoms with E-state index in [1.807, 2.05) is 0 Å². The van der Waals surface area contributed by atoms with Gasteiger partial charge in [0, 0.05) is 5.56 Å². The van der Waals surface area contributed by atoms with Gasteiger partial charge in [0.1, 0.15) is 0 Å². The molecule has 3 nitrogen and oxygen atoms in total. The second-order valence-corrected chi connectivity index (χ2v) is 5.76.